The summed E-state index contributed by atoms with van der Waals surface area (Å²) < 4.78 is 0. The maximum absolute atomic E-state index is 11.4. The van der Waals surface area contributed by atoms with Crippen LogP contribution in [0.1, 0.15) is 42.3 Å². The Labute approximate surface area is 131 Å². The third kappa shape index (κ3) is 4.27. The minimum atomic E-state index is -0.306. The summed E-state index contributed by atoms with van der Waals surface area (Å²) in [6.45, 7) is 3.10. The minimum absolute atomic E-state index is 0.0345. The number of carbonyl (C=O) groups is 2. The van der Waals surface area contributed by atoms with Gasteiger partial charge in [0.25, 0.3) is 0 Å². The van der Waals surface area contributed by atoms with Crippen molar-refractivity contribution in [1.29, 1.82) is 0 Å². The molecule has 22 heavy (non-hydrogen) atoms. The van der Waals surface area contributed by atoms with Crippen LogP contribution in [-0.2, 0) is 16.0 Å². The molecular formula is C16H24N4O2. The predicted octanol–water partition coefficient (Wildman–Crippen LogP) is 0.691. The first-order valence-corrected chi connectivity index (χ1v) is 7.70. The quantitative estimate of drug-likeness (QED) is 0.809. The molecule has 2 heterocycles. The minimum Gasteiger partial charge on any atom is -0.369 e. The van der Waals surface area contributed by atoms with Gasteiger partial charge in [0, 0.05) is 19.2 Å². The van der Waals surface area contributed by atoms with E-state index in [-0.39, 0.29) is 24.4 Å². The number of carbonyl (C=O) groups excluding carboxylic acids is 2. The Morgan fingerprint density at radius 3 is 2.91 bits per heavy atom. The summed E-state index contributed by atoms with van der Waals surface area (Å²) in [5.41, 5.74) is 8.35. The van der Waals surface area contributed by atoms with E-state index in [1.165, 1.54) is 0 Å². The number of rotatable bonds is 6. The zero-order valence-electron chi connectivity index (χ0n) is 13.3. The maximum Gasteiger partial charge on any atom is 0.231 e. The molecular weight excluding hydrogens is 280 g/mol. The van der Waals surface area contributed by atoms with Crippen molar-refractivity contribution >= 4 is 11.8 Å². The van der Waals surface area contributed by atoms with E-state index in [0.717, 1.165) is 36.3 Å². The fourth-order valence-electron chi connectivity index (χ4n) is 3.02. The standard InChI is InChI=1S/C16H24N4O2/c1-11-8-12(5-6-16(22)18-2)9-13(19-11)14-4-3-7-20(14)10-15(17)21/h8-9,14H,3-7,10H2,1-2H3,(H2,17,21)(H,18,22). The van der Waals surface area contributed by atoms with Crippen LogP contribution in [0.5, 0.6) is 0 Å². The highest BCUT2D eigenvalue weighted by Crippen LogP contribution is 2.31. The number of hydrogen-bond acceptors (Lipinski definition) is 4. The van der Waals surface area contributed by atoms with E-state index < -0.39 is 0 Å². The molecule has 0 radical (unpaired) electrons. The molecule has 1 unspecified atom stereocenters. The molecule has 1 saturated heterocycles. The molecule has 1 atom stereocenters. The van der Waals surface area contributed by atoms with Crippen molar-refractivity contribution < 1.29 is 9.59 Å². The molecule has 2 amide bonds. The van der Waals surface area contributed by atoms with Crippen molar-refractivity contribution in [2.45, 2.75) is 38.6 Å². The van der Waals surface area contributed by atoms with Crippen molar-refractivity contribution in [2.75, 3.05) is 20.1 Å². The molecule has 3 N–H and O–H groups in total. The number of pyridine rings is 1. The lowest BCUT2D eigenvalue weighted by Crippen LogP contribution is -2.33. The van der Waals surface area contributed by atoms with Crippen LogP contribution in [0.4, 0.5) is 0 Å². The zero-order valence-corrected chi connectivity index (χ0v) is 13.3. The van der Waals surface area contributed by atoms with Crippen LogP contribution in [0.2, 0.25) is 0 Å². The normalized spacial score (nSPS) is 18.4. The van der Waals surface area contributed by atoms with Crippen LogP contribution >= 0.6 is 0 Å². The van der Waals surface area contributed by atoms with Gasteiger partial charge in [0.2, 0.25) is 11.8 Å². The van der Waals surface area contributed by atoms with Gasteiger partial charge in [-0.15, -0.1) is 0 Å². The molecule has 120 valence electrons. The highest BCUT2D eigenvalue weighted by atomic mass is 16.1. The van der Waals surface area contributed by atoms with Crippen molar-refractivity contribution in [3.05, 3.63) is 29.1 Å². The van der Waals surface area contributed by atoms with E-state index in [1.54, 1.807) is 7.05 Å². The summed E-state index contributed by atoms with van der Waals surface area (Å²) in [5, 5.41) is 2.63. The monoisotopic (exact) mass is 304 g/mol. The lowest BCUT2D eigenvalue weighted by molar-refractivity contribution is -0.121. The average molecular weight is 304 g/mol. The topological polar surface area (TPSA) is 88.3 Å². The van der Waals surface area contributed by atoms with Gasteiger partial charge in [-0.3, -0.25) is 19.5 Å². The number of aryl methyl sites for hydroxylation is 2. The van der Waals surface area contributed by atoms with E-state index in [4.69, 9.17) is 5.73 Å². The number of likely N-dealkylation sites (tertiary alicyclic amines) is 1. The highest BCUT2D eigenvalue weighted by Gasteiger charge is 2.28. The SMILES string of the molecule is CNC(=O)CCc1cc(C)nc(C2CCCN2CC(N)=O)c1. The van der Waals surface area contributed by atoms with Gasteiger partial charge in [0.15, 0.2) is 0 Å². The van der Waals surface area contributed by atoms with Gasteiger partial charge in [0.05, 0.1) is 18.3 Å². The Bertz CT molecular complexity index is 559. The second-order valence-electron chi connectivity index (χ2n) is 5.81. The largest absolute Gasteiger partial charge is 0.369 e. The Kier molecular flexibility index (Phi) is 5.49. The van der Waals surface area contributed by atoms with Crippen LogP contribution in [0.25, 0.3) is 0 Å². The molecule has 1 aromatic rings. The molecule has 2 rings (SSSR count). The van der Waals surface area contributed by atoms with Crippen LogP contribution in [0.3, 0.4) is 0 Å². The first kappa shape index (κ1) is 16.4. The summed E-state index contributed by atoms with van der Waals surface area (Å²) in [6.07, 6.45) is 3.19. The van der Waals surface area contributed by atoms with Crippen molar-refractivity contribution in [2.24, 2.45) is 5.73 Å². The summed E-state index contributed by atoms with van der Waals surface area (Å²) in [6, 6.07) is 4.21. The molecule has 0 aromatic carbocycles. The van der Waals surface area contributed by atoms with Crippen molar-refractivity contribution in [1.82, 2.24) is 15.2 Å². The lowest BCUT2D eigenvalue weighted by atomic mass is 10.0. The van der Waals surface area contributed by atoms with E-state index in [0.29, 0.717) is 12.8 Å². The third-order valence-corrected chi connectivity index (χ3v) is 4.02. The van der Waals surface area contributed by atoms with E-state index >= 15 is 0 Å². The maximum atomic E-state index is 11.4. The third-order valence-electron chi connectivity index (χ3n) is 4.02. The van der Waals surface area contributed by atoms with E-state index in [9.17, 15) is 9.59 Å². The molecule has 6 heteroatoms. The first-order chi connectivity index (χ1) is 10.5. The Balaban J connectivity index is 2.14. The van der Waals surface area contributed by atoms with Crippen molar-refractivity contribution in [3.63, 3.8) is 0 Å². The second kappa shape index (κ2) is 7.35. The molecule has 0 spiro atoms. The fraction of sp³-hybridized carbons (Fsp3) is 0.562. The Morgan fingerprint density at radius 1 is 1.45 bits per heavy atom. The van der Waals surface area contributed by atoms with Gasteiger partial charge < -0.3 is 11.1 Å². The molecule has 1 fully saturated rings. The molecule has 6 nitrogen and oxygen atoms in total. The number of aromatic nitrogens is 1. The van der Waals surface area contributed by atoms with Crippen LogP contribution < -0.4 is 11.1 Å². The molecule has 0 aliphatic carbocycles. The number of primary amides is 1. The fourth-order valence-corrected chi connectivity index (χ4v) is 3.02. The molecule has 1 aliphatic heterocycles. The first-order valence-electron chi connectivity index (χ1n) is 7.70. The highest BCUT2D eigenvalue weighted by molar-refractivity contribution is 5.76. The number of hydrogen-bond donors (Lipinski definition) is 2. The molecule has 0 saturated carbocycles. The average Bonchev–Trinajstić information content (AvgIpc) is 2.91. The van der Waals surface area contributed by atoms with Gasteiger partial charge in [-0.1, -0.05) is 0 Å². The number of amides is 2. The number of nitrogens with zero attached hydrogens (tertiary/aromatic N) is 2. The number of nitrogens with one attached hydrogen (secondary N) is 1. The Morgan fingerprint density at radius 2 is 2.23 bits per heavy atom. The Hall–Kier alpha value is -1.95. The van der Waals surface area contributed by atoms with Crippen LogP contribution in [0.15, 0.2) is 12.1 Å². The lowest BCUT2D eigenvalue weighted by Gasteiger charge is -2.23. The summed E-state index contributed by atoms with van der Waals surface area (Å²) in [7, 11) is 1.64. The van der Waals surface area contributed by atoms with Gasteiger partial charge >= 0.3 is 0 Å². The van der Waals surface area contributed by atoms with Gasteiger partial charge in [-0.05, 0) is 50.4 Å². The van der Waals surface area contributed by atoms with E-state index in [2.05, 4.69) is 21.3 Å². The second-order valence-corrected chi connectivity index (χ2v) is 5.81. The predicted molar refractivity (Wildman–Crippen MR) is 84.1 cm³/mol. The van der Waals surface area contributed by atoms with Gasteiger partial charge in [-0.25, -0.2) is 0 Å². The number of nitrogens with two attached hydrogens (primary N) is 1. The molecule has 1 aliphatic rings. The smallest absolute Gasteiger partial charge is 0.231 e. The summed E-state index contributed by atoms with van der Waals surface area (Å²) in [4.78, 5) is 29.3. The van der Waals surface area contributed by atoms with Gasteiger partial charge in [-0.2, -0.15) is 0 Å². The zero-order chi connectivity index (χ0) is 16.1. The van der Waals surface area contributed by atoms with Crippen LogP contribution in [-0.4, -0.2) is 41.8 Å². The molecule has 0 bridgehead atoms. The van der Waals surface area contributed by atoms with Gasteiger partial charge in [0.1, 0.15) is 0 Å². The van der Waals surface area contributed by atoms with E-state index in [1.807, 2.05) is 13.0 Å². The molecule has 1 aromatic heterocycles. The summed E-state index contributed by atoms with van der Waals surface area (Å²) >= 11 is 0. The summed E-state index contributed by atoms with van der Waals surface area (Å²) in [5.74, 6) is -0.272. The van der Waals surface area contributed by atoms with Crippen molar-refractivity contribution in [3.8, 4) is 0 Å². The van der Waals surface area contributed by atoms with Crippen LogP contribution in [0, 0.1) is 6.92 Å².